The Balaban J connectivity index is 1.94. The first-order chi connectivity index (χ1) is 8.74. The molecule has 1 aromatic rings. The fourth-order valence-corrected chi connectivity index (χ4v) is 2.34. The van der Waals surface area contributed by atoms with Crippen molar-refractivity contribution in [1.29, 1.82) is 0 Å². The van der Waals surface area contributed by atoms with Crippen LogP contribution in [0.25, 0.3) is 0 Å². The lowest BCUT2D eigenvalue weighted by molar-refractivity contribution is 0.560. The molecule has 1 heterocycles. The lowest BCUT2D eigenvalue weighted by Crippen LogP contribution is -2.11. The second-order valence-electron chi connectivity index (χ2n) is 5.28. The van der Waals surface area contributed by atoms with Crippen LogP contribution in [-0.2, 0) is 6.42 Å². The molecule has 0 aliphatic carbocycles. The van der Waals surface area contributed by atoms with E-state index in [1.807, 2.05) is 13.1 Å². The molecule has 0 bridgehead atoms. The number of aromatic nitrogens is 2. The molecule has 18 heavy (non-hydrogen) atoms. The standard InChI is InChI=1S/C15H29N3/c1-3-4-5-6-7-8-9-10-11-12-15-17-14(2)13-18(15)16/h13H,3-12,16H2,1-2H3. The molecule has 0 aromatic carbocycles. The summed E-state index contributed by atoms with van der Waals surface area (Å²) in [6.45, 7) is 4.26. The van der Waals surface area contributed by atoms with E-state index in [1.54, 1.807) is 4.68 Å². The molecule has 0 fully saturated rings. The summed E-state index contributed by atoms with van der Waals surface area (Å²) >= 11 is 0. The van der Waals surface area contributed by atoms with Gasteiger partial charge in [-0.1, -0.05) is 58.3 Å². The molecule has 0 atom stereocenters. The summed E-state index contributed by atoms with van der Waals surface area (Å²) < 4.78 is 1.67. The van der Waals surface area contributed by atoms with Gasteiger partial charge in [0.25, 0.3) is 0 Å². The van der Waals surface area contributed by atoms with Crippen molar-refractivity contribution in [2.45, 2.75) is 78.1 Å². The van der Waals surface area contributed by atoms with Crippen LogP contribution in [0.3, 0.4) is 0 Å². The van der Waals surface area contributed by atoms with Gasteiger partial charge in [0.05, 0.1) is 5.69 Å². The lowest BCUT2D eigenvalue weighted by atomic mass is 10.1. The van der Waals surface area contributed by atoms with Crippen LogP contribution in [0.5, 0.6) is 0 Å². The van der Waals surface area contributed by atoms with E-state index in [1.165, 1.54) is 57.8 Å². The fourth-order valence-electron chi connectivity index (χ4n) is 2.34. The normalized spacial score (nSPS) is 11.0. The van der Waals surface area contributed by atoms with Crippen molar-refractivity contribution in [2.24, 2.45) is 0 Å². The summed E-state index contributed by atoms with van der Waals surface area (Å²) in [5.74, 6) is 6.83. The zero-order chi connectivity index (χ0) is 13.2. The predicted molar refractivity (Wildman–Crippen MR) is 78.0 cm³/mol. The second-order valence-corrected chi connectivity index (χ2v) is 5.28. The van der Waals surface area contributed by atoms with Crippen molar-refractivity contribution in [3.63, 3.8) is 0 Å². The molecule has 0 saturated carbocycles. The molecule has 0 aliphatic rings. The zero-order valence-corrected chi connectivity index (χ0v) is 12.1. The summed E-state index contributed by atoms with van der Waals surface area (Å²) in [6.07, 6.45) is 15.1. The average molecular weight is 251 g/mol. The molecule has 2 N–H and O–H groups in total. The highest BCUT2D eigenvalue weighted by molar-refractivity contribution is 5.01. The van der Waals surface area contributed by atoms with Crippen LogP contribution in [0, 0.1) is 6.92 Å². The number of aryl methyl sites for hydroxylation is 2. The molecule has 0 unspecified atom stereocenters. The van der Waals surface area contributed by atoms with E-state index in [2.05, 4.69) is 11.9 Å². The summed E-state index contributed by atoms with van der Waals surface area (Å²) in [7, 11) is 0. The maximum Gasteiger partial charge on any atom is 0.127 e. The molecule has 0 spiro atoms. The highest BCUT2D eigenvalue weighted by atomic mass is 15.3. The average Bonchev–Trinajstić information content (AvgIpc) is 2.66. The number of hydrogen-bond donors (Lipinski definition) is 1. The Morgan fingerprint density at radius 2 is 1.56 bits per heavy atom. The zero-order valence-electron chi connectivity index (χ0n) is 12.1. The van der Waals surface area contributed by atoms with Crippen molar-refractivity contribution >= 4 is 0 Å². The van der Waals surface area contributed by atoms with Gasteiger partial charge in [-0.2, -0.15) is 0 Å². The van der Waals surface area contributed by atoms with Crippen LogP contribution in [0.15, 0.2) is 6.20 Å². The van der Waals surface area contributed by atoms with Gasteiger partial charge in [0.2, 0.25) is 0 Å². The molecule has 3 heteroatoms. The van der Waals surface area contributed by atoms with Gasteiger partial charge in [-0.15, -0.1) is 0 Å². The van der Waals surface area contributed by atoms with Gasteiger partial charge in [-0.3, -0.25) is 4.68 Å². The molecule has 0 saturated heterocycles. The molecule has 0 amide bonds. The number of rotatable bonds is 10. The van der Waals surface area contributed by atoms with Gasteiger partial charge in [-0.05, 0) is 13.3 Å². The van der Waals surface area contributed by atoms with Gasteiger partial charge in [-0.25, -0.2) is 4.98 Å². The van der Waals surface area contributed by atoms with Crippen LogP contribution in [0.2, 0.25) is 0 Å². The first kappa shape index (κ1) is 15.1. The van der Waals surface area contributed by atoms with E-state index in [-0.39, 0.29) is 0 Å². The van der Waals surface area contributed by atoms with Crippen molar-refractivity contribution in [1.82, 2.24) is 9.66 Å². The van der Waals surface area contributed by atoms with Gasteiger partial charge < -0.3 is 5.84 Å². The Morgan fingerprint density at radius 3 is 2.06 bits per heavy atom. The first-order valence-electron chi connectivity index (χ1n) is 7.54. The smallest absolute Gasteiger partial charge is 0.127 e. The fraction of sp³-hybridized carbons (Fsp3) is 0.800. The molecule has 3 nitrogen and oxygen atoms in total. The quantitative estimate of drug-likeness (QED) is 0.505. The Kier molecular flexibility index (Phi) is 7.54. The Bertz CT molecular complexity index is 318. The molecule has 0 radical (unpaired) electrons. The summed E-state index contributed by atoms with van der Waals surface area (Å²) in [4.78, 5) is 4.42. The van der Waals surface area contributed by atoms with Gasteiger partial charge in [0.1, 0.15) is 5.82 Å². The number of nitrogens with zero attached hydrogens (tertiary/aromatic N) is 2. The largest absolute Gasteiger partial charge is 0.338 e. The highest BCUT2D eigenvalue weighted by Crippen LogP contribution is 2.11. The van der Waals surface area contributed by atoms with E-state index in [0.29, 0.717) is 0 Å². The van der Waals surface area contributed by atoms with Gasteiger partial charge >= 0.3 is 0 Å². The van der Waals surface area contributed by atoms with E-state index in [0.717, 1.165) is 17.9 Å². The molecule has 1 aromatic heterocycles. The second kappa shape index (κ2) is 9.01. The van der Waals surface area contributed by atoms with Crippen LogP contribution in [0.4, 0.5) is 0 Å². The van der Waals surface area contributed by atoms with Crippen LogP contribution in [-0.4, -0.2) is 9.66 Å². The highest BCUT2D eigenvalue weighted by Gasteiger charge is 2.02. The third-order valence-corrected chi connectivity index (χ3v) is 3.43. The summed E-state index contributed by atoms with van der Waals surface area (Å²) in [5, 5.41) is 0. The van der Waals surface area contributed by atoms with Gasteiger partial charge in [0, 0.05) is 12.6 Å². The minimum absolute atomic E-state index is 1.01. The SMILES string of the molecule is CCCCCCCCCCCc1nc(C)cn1N. The van der Waals surface area contributed by atoms with E-state index in [4.69, 9.17) is 5.84 Å². The van der Waals surface area contributed by atoms with Crippen LogP contribution < -0.4 is 5.84 Å². The topological polar surface area (TPSA) is 43.8 Å². The minimum Gasteiger partial charge on any atom is -0.338 e. The number of unbranched alkanes of at least 4 members (excludes halogenated alkanes) is 8. The molecule has 1 rings (SSSR count). The first-order valence-corrected chi connectivity index (χ1v) is 7.54. The maximum absolute atomic E-state index is 5.80. The number of hydrogen-bond acceptors (Lipinski definition) is 2. The summed E-state index contributed by atoms with van der Waals surface area (Å²) in [6, 6.07) is 0. The van der Waals surface area contributed by atoms with Crippen LogP contribution in [0.1, 0.15) is 76.2 Å². The Morgan fingerprint density at radius 1 is 1.00 bits per heavy atom. The molecular formula is C15H29N3. The lowest BCUT2D eigenvalue weighted by Gasteiger charge is -2.02. The number of imidazole rings is 1. The van der Waals surface area contributed by atoms with Crippen molar-refractivity contribution in [2.75, 3.05) is 5.84 Å². The third-order valence-electron chi connectivity index (χ3n) is 3.43. The molecular weight excluding hydrogens is 222 g/mol. The molecule has 0 aliphatic heterocycles. The minimum atomic E-state index is 1.01. The Hall–Kier alpha value is -0.990. The monoisotopic (exact) mass is 251 g/mol. The van der Waals surface area contributed by atoms with Gasteiger partial charge in [0.15, 0.2) is 0 Å². The van der Waals surface area contributed by atoms with Crippen molar-refractivity contribution in [3.8, 4) is 0 Å². The number of nitrogen functional groups attached to an aromatic ring is 1. The van der Waals surface area contributed by atoms with Crippen LogP contribution >= 0.6 is 0 Å². The van der Waals surface area contributed by atoms with Crippen molar-refractivity contribution < 1.29 is 0 Å². The number of nitrogens with two attached hydrogens (primary N) is 1. The summed E-state index contributed by atoms with van der Waals surface area (Å²) in [5.41, 5.74) is 1.02. The third kappa shape index (κ3) is 6.08. The maximum atomic E-state index is 5.80. The Labute approximate surface area is 112 Å². The van der Waals surface area contributed by atoms with Crippen molar-refractivity contribution in [3.05, 3.63) is 17.7 Å². The van der Waals surface area contributed by atoms with E-state index < -0.39 is 0 Å². The predicted octanol–water partition coefficient (Wildman–Crippen LogP) is 3.98. The van der Waals surface area contributed by atoms with E-state index in [9.17, 15) is 0 Å². The van der Waals surface area contributed by atoms with E-state index >= 15 is 0 Å². The molecule has 104 valence electrons.